The molecule has 1 amide bonds. The standard InChI is InChI=1S/C22H22N2O4S/c1-3-16-4-8-18(9-5-16)24-21(25)13-28-22(26)17-6-10-20(11-7-17)27-12-19-14-29-15(2)23-19/h4-11,14H,3,12-13H2,1-2H3,(H,24,25). The van der Waals surface area contributed by atoms with Crippen LogP contribution in [0.5, 0.6) is 5.75 Å². The fraction of sp³-hybridized carbons (Fsp3) is 0.227. The van der Waals surface area contributed by atoms with E-state index >= 15 is 0 Å². The lowest BCUT2D eigenvalue weighted by molar-refractivity contribution is -0.119. The van der Waals surface area contributed by atoms with Gasteiger partial charge in [-0.15, -0.1) is 11.3 Å². The molecule has 150 valence electrons. The van der Waals surface area contributed by atoms with Gasteiger partial charge in [0, 0.05) is 11.1 Å². The van der Waals surface area contributed by atoms with Crippen LogP contribution in [0.15, 0.2) is 53.9 Å². The van der Waals surface area contributed by atoms with Gasteiger partial charge in [-0.1, -0.05) is 19.1 Å². The van der Waals surface area contributed by atoms with Crippen LogP contribution in [-0.4, -0.2) is 23.5 Å². The fourth-order valence-corrected chi connectivity index (χ4v) is 3.15. The number of ether oxygens (including phenoxy) is 2. The number of thiazole rings is 1. The van der Waals surface area contributed by atoms with Gasteiger partial charge in [-0.25, -0.2) is 9.78 Å². The summed E-state index contributed by atoms with van der Waals surface area (Å²) in [7, 11) is 0. The number of aryl methyl sites for hydroxylation is 2. The highest BCUT2D eigenvalue weighted by Gasteiger charge is 2.11. The van der Waals surface area contributed by atoms with Crippen molar-refractivity contribution in [2.24, 2.45) is 0 Å². The van der Waals surface area contributed by atoms with Gasteiger partial charge < -0.3 is 14.8 Å². The van der Waals surface area contributed by atoms with Crippen LogP contribution in [-0.2, 0) is 22.6 Å². The Morgan fingerprint density at radius 1 is 1.07 bits per heavy atom. The van der Waals surface area contributed by atoms with E-state index in [-0.39, 0.29) is 12.5 Å². The molecule has 0 atom stereocenters. The average molecular weight is 410 g/mol. The SMILES string of the molecule is CCc1ccc(NC(=O)COC(=O)c2ccc(OCc3csc(C)n3)cc2)cc1. The fourth-order valence-electron chi connectivity index (χ4n) is 2.55. The first kappa shape index (κ1) is 20.5. The van der Waals surface area contributed by atoms with Crippen LogP contribution in [0.2, 0.25) is 0 Å². The van der Waals surface area contributed by atoms with Crippen LogP contribution >= 0.6 is 11.3 Å². The molecule has 29 heavy (non-hydrogen) atoms. The molecular weight excluding hydrogens is 388 g/mol. The van der Waals surface area contributed by atoms with Crippen molar-refractivity contribution in [3.8, 4) is 5.75 Å². The van der Waals surface area contributed by atoms with Gasteiger partial charge in [0.25, 0.3) is 5.91 Å². The van der Waals surface area contributed by atoms with Crippen LogP contribution in [0.3, 0.4) is 0 Å². The number of carbonyl (C=O) groups is 2. The number of anilines is 1. The van der Waals surface area contributed by atoms with Crippen molar-refractivity contribution < 1.29 is 19.1 Å². The van der Waals surface area contributed by atoms with Crippen LogP contribution in [0.4, 0.5) is 5.69 Å². The smallest absolute Gasteiger partial charge is 0.338 e. The quantitative estimate of drug-likeness (QED) is 0.558. The monoisotopic (exact) mass is 410 g/mol. The Morgan fingerprint density at radius 2 is 1.79 bits per heavy atom. The Kier molecular flexibility index (Phi) is 6.97. The highest BCUT2D eigenvalue weighted by Crippen LogP contribution is 2.16. The number of amides is 1. The highest BCUT2D eigenvalue weighted by molar-refractivity contribution is 7.09. The molecule has 2 aromatic carbocycles. The molecule has 1 heterocycles. The number of aromatic nitrogens is 1. The van der Waals surface area contributed by atoms with Crippen molar-refractivity contribution in [3.05, 3.63) is 75.7 Å². The number of rotatable bonds is 8. The Hall–Kier alpha value is -3.19. The van der Waals surface area contributed by atoms with Crippen LogP contribution < -0.4 is 10.1 Å². The summed E-state index contributed by atoms with van der Waals surface area (Å²) in [6, 6.07) is 14.1. The van der Waals surface area contributed by atoms with E-state index in [2.05, 4.69) is 17.2 Å². The van der Waals surface area contributed by atoms with E-state index in [4.69, 9.17) is 9.47 Å². The summed E-state index contributed by atoms with van der Waals surface area (Å²) < 4.78 is 10.7. The molecule has 0 aliphatic carbocycles. The van der Waals surface area contributed by atoms with E-state index in [1.165, 1.54) is 5.56 Å². The zero-order valence-corrected chi connectivity index (χ0v) is 17.1. The Labute approximate surface area is 173 Å². The maximum absolute atomic E-state index is 12.1. The number of benzene rings is 2. The lowest BCUT2D eigenvalue weighted by Gasteiger charge is -2.08. The molecule has 0 aliphatic rings. The molecule has 0 radical (unpaired) electrons. The molecule has 0 saturated carbocycles. The van der Waals surface area contributed by atoms with Crippen LogP contribution in [0, 0.1) is 6.92 Å². The molecule has 0 unspecified atom stereocenters. The third-order valence-electron chi connectivity index (χ3n) is 4.12. The minimum Gasteiger partial charge on any atom is -0.487 e. The Balaban J connectivity index is 1.45. The number of hydrogen-bond acceptors (Lipinski definition) is 6. The van der Waals surface area contributed by atoms with Crippen molar-refractivity contribution in [1.29, 1.82) is 0 Å². The third kappa shape index (κ3) is 6.15. The first-order valence-electron chi connectivity index (χ1n) is 9.23. The van der Waals surface area contributed by atoms with Crippen molar-refractivity contribution in [2.75, 3.05) is 11.9 Å². The van der Waals surface area contributed by atoms with Gasteiger partial charge in [-0.05, 0) is 55.3 Å². The topological polar surface area (TPSA) is 77.5 Å². The number of carbonyl (C=O) groups excluding carboxylic acids is 2. The maximum atomic E-state index is 12.1. The second kappa shape index (κ2) is 9.84. The lowest BCUT2D eigenvalue weighted by Crippen LogP contribution is -2.20. The summed E-state index contributed by atoms with van der Waals surface area (Å²) in [5.41, 5.74) is 3.07. The second-order valence-electron chi connectivity index (χ2n) is 6.35. The van der Waals surface area contributed by atoms with Gasteiger partial charge in [0.2, 0.25) is 0 Å². The molecule has 6 nitrogen and oxygen atoms in total. The minimum absolute atomic E-state index is 0.349. The van der Waals surface area contributed by atoms with Gasteiger partial charge in [-0.2, -0.15) is 0 Å². The molecular formula is C22H22N2O4S. The third-order valence-corrected chi connectivity index (χ3v) is 4.95. The summed E-state index contributed by atoms with van der Waals surface area (Å²) in [6.07, 6.45) is 0.931. The lowest BCUT2D eigenvalue weighted by atomic mass is 10.1. The molecule has 1 N–H and O–H groups in total. The summed E-state index contributed by atoms with van der Waals surface area (Å²) in [4.78, 5) is 28.4. The minimum atomic E-state index is -0.567. The normalized spacial score (nSPS) is 10.4. The Morgan fingerprint density at radius 3 is 2.41 bits per heavy atom. The van der Waals surface area contributed by atoms with Crippen LogP contribution in [0.25, 0.3) is 0 Å². The van der Waals surface area contributed by atoms with Crippen molar-refractivity contribution in [2.45, 2.75) is 26.9 Å². The zero-order chi connectivity index (χ0) is 20.6. The molecule has 7 heteroatoms. The zero-order valence-electron chi connectivity index (χ0n) is 16.3. The van der Waals surface area contributed by atoms with Gasteiger partial charge in [0.1, 0.15) is 12.4 Å². The van der Waals surface area contributed by atoms with Gasteiger partial charge in [-0.3, -0.25) is 4.79 Å². The van der Waals surface area contributed by atoms with Gasteiger partial charge >= 0.3 is 5.97 Å². The molecule has 3 rings (SSSR count). The molecule has 0 saturated heterocycles. The summed E-state index contributed by atoms with van der Waals surface area (Å²) in [5.74, 6) is -0.329. The van der Waals surface area contributed by atoms with E-state index in [1.54, 1.807) is 35.6 Å². The number of esters is 1. The van der Waals surface area contributed by atoms with E-state index in [9.17, 15) is 9.59 Å². The highest BCUT2D eigenvalue weighted by atomic mass is 32.1. The van der Waals surface area contributed by atoms with Crippen LogP contribution in [0.1, 0.15) is 33.5 Å². The van der Waals surface area contributed by atoms with Crippen molar-refractivity contribution >= 4 is 28.9 Å². The predicted molar refractivity (Wildman–Crippen MR) is 112 cm³/mol. The van der Waals surface area contributed by atoms with Crippen molar-refractivity contribution in [1.82, 2.24) is 4.98 Å². The molecule has 0 spiro atoms. The van der Waals surface area contributed by atoms with E-state index < -0.39 is 5.97 Å². The molecule has 0 aliphatic heterocycles. The number of nitrogens with zero attached hydrogens (tertiary/aromatic N) is 1. The largest absolute Gasteiger partial charge is 0.487 e. The summed E-state index contributed by atoms with van der Waals surface area (Å²) in [5, 5.41) is 5.64. The van der Waals surface area contributed by atoms with Crippen molar-refractivity contribution in [3.63, 3.8) is 0 Å². The maximum Gasteiger partial charge on any atom is 0.338 e. The molecule has 0 fully saturated rings. The number of nitrogens with one attached hydrogen (secondary N) is 1. The Bertz CT molecular complexity index is 965. The molecule has 3 aromatic rings. The molecule has 1 aromatic heterocycles. The van der Waals surface area contributed by atoms with Gasteiger partial charge in [0.15, 0.2) is 6.61 Å². The summed E-state index contributed by atoms with van der Waals surface area (Å²) >= 11 is 1.57. The van der Waals surface area contributed by atoms with Gasteiger partial charge in [0.05, 0.1) is 16.3 Å². The van der Waals surface area contributed by atoms with E-state index in [1.807, 2.05) is 36.6 Å². The van der Waals surface area contributed by atoms with E-state index in [0.29, 0.717) is 23.6 Å². The molecule has 0 bridgehead atoms. The van der Waals surface area contributed by atoms with E-state index in [0.717, 1.165) is 17.1 Å². The first-order chi connectivity index (χ1) is 14.0. The number of hydrogen-bond donors (Lipinski definition) is 1. The second-order valence-corrected chi connectivity index (χ2v) is 7.41. The first-order valence-corrected chi connectivity index (χ1v) is 10.1. The average Bonchev–Trinajstić information content (AvgIpc) is 3.16. The summed E-state index contributed by atoms with van der Waals surface area (Å²) in [6.45, 7) is 4.02. The predicted octanol–water partition coefficient (Wildman–Crippen LogP) is 4.39.